The van der Waals surface area contributed by atoms with Gasteiger partial charge in [0.2, 0.25) is 0 Å². The average Bonchev–Trinajstić information content (AvgIpc) is 2.19. The summed E-state index contributed by atoms with van der Waals surface area (Å²) in [7, 11) is -3.17. The van der Waals surface area contributed by atoms with Crippen molar-refractivity contribution < 1.29 is 8.42 Å². The van der Waals surface area contributed by atoms with Crippen molar-refractivity contribution in [2.24, 2.45) is 0 Å². The van der Waals surface area contributed by atoms with Crippen LogP contribution in [0.3, 0.4) is 0 Å². The van der Waals surface area contributed by atoms with Gasteiger partial charge in [0.15, 0.2) is 9.84 Å². The first-order valence-electron chi connectivity index (χ1n) is 5.02. The molecule has 0 saturated carbocycles. The van der Waals surface area contributed by atoms with Crippen molar-refractivity contribution in [2.45, 2.75) is 24.7 Å². The Kier molecular flexibility index (Phi) is 4.09. The van der Waals surface area contributed by atoms with Gasteiger partial charge in [-0.1, -0.05) is 31.6 Å². The molecule has 0 bridgehead atoms. The summed E-state index contributed by atoms with van der Waals surface area (Å²) in [6, 6.07) is 7.14. The highest BCUT2D eigenvalue weighted by atomic mass is 32.2. The highest BCUT2D eigenvalue weighted by Gasteiger charge is 2.11. The van der Waals surface area contributed by atoms with Gasteiger partial charge in [-0.05, 0) is 24.1 Å². The quantitative estimate of drug-likeness (QED) is 0.720. The molecule has 1 aromatic rings. The highest BCUT2D eigenvalue weighted by molar-refractivity contribution is 7.91. The third-order valence-electron chi connectivity index (χ3n) is 2.13. The third kappa shape index (κ3) is 3.20. The van der Waals surface area contributed by atoms with E-state index >= 15 is 0 Å². The van der Waals surface area contributed by atoms with E-state index in [0.29, 0.717) is 4.90 Å². The molecule has 1 rings (SSSR count). The van der Waals surface area contributed by atoms with Crippen molar-refractivity contribution in [1.82, 2.24) is 0 Å². The minimum atomic E-state index is -3.17. The Morgan fingerprint density at radius 2 is 2.13 bits per heavy atom. The van der Waals surface area contributed by atoms with Gasteiger partial charge in [0.05, 0.1) is 10.6 Å². The molecule has 2 nitrogen and oxygen atoms in total. The van der Waals surface area contributed by atoms with Crippen LogP contribution in [0.1, 0.15) is 18.9 Å². The van der Waals surface area contributed by atoms with E-state index in [1.807, 2.05) is 6.07 Å². The molecule has 0 N–H and O–H groups in total. The van der Waals surface area contributed by atoms with Crippen LogP contribution in [0.25, 0.3) is 0 Å². The predicted molar refractivity (Wildman–Crippen MR) is 62.7 cm³/mol. The Balaban J connectivity index is 3.04. The van der Waals surface area contributed by atoms with Gasteiger partial charge in [-0.3, -0.25) is 0 Å². The Hall–Kier alpha value is -1.09. The molecular weight excluding hydrogens is 208 g/mol. The van der Waals surface area contributed by atoms with E-state index in [9.17, 15) is 8.42 Å². The molecule has 0 amide bonds. The summed E-state index contributed by atoms with van der Waals surface area (Å²) in [6.07, 6.45) is 3.35. The van der Waals surface area contributed by atoms with Gasteiger partial charge in [-0.2, -0.15) is 0 Å². The topological polar surface area (TPSA) is 34.1 Å². The van der Waals surface area contributed by atoms with Crippen LogP contribution >= 0.6 is 0 Å². The molecule has 0 aliphatic carbocycles. The Morgan fingerprint density at radius 3 is 2.73 bits per heavy atom. The zero-order valence-corrected chi connectivity index (χ0v) is 9.76. The highest BCUT2D eigenvalue weighted by Crippen LogP contribution is 2.14. The van der Waals surface area contributed by atoms with E-state index in [0.717, 1.165) is 18.4 Å². The van der Waals surface area contributed by atoms with Crippen LogP contribution in [-0.2, 0) is 16.3 Å². The van der Waals surface area contributed by atoms with E-state index in [-0.39, 0.29) is 5.75 Å². The number of rotatable bonds is 5. The second-order valence-electron chi connectivity index (χ2n) is 3.47. The molecule has 0 aliphatic rings. The number of sulfone groups is 1. The van der Waals surface area contributed by atoms with Crippen LogP contribution < -0.4 is 0 Å². The molecule has 15 heavy (non-hydrogen) atoms. The van der Waals surface area contributed by atoms with Crippen LogP contribution in [0.2, 0.25) is 0 Å². The van der Waals surface area contributed by atoms with Crippen LogP contribution in [0.5, 0.6) is 0 Å². The molecule has 3 heteroatoms. The lowest BCUT2D eigenvalue weighted by Crippen LogP contribution is -2.04. The van der Waals surface area contributed by atoms with Gasteiger partial charge < -0.3 is 0 Å². The summed E-state index contributed by atoms with van der Waals surface area (Å²) in [5, 5.41) is 0. The lowest BCUT2D eigenvalue weighted by Gasteiger charge is -2.04. The van der Waals surface area contributed by atoms with Gasteiger partial charge in [0, 0.05) is 0 Å². The first-order valence-corrected chi connectivity index (χ1v) is 6.68. The largest absolute Gasteiger partial charge is 0.223 e. The molecule has 0 unspecified atom stereocenters. The first kappa shape index (κ1) is 12.0. The van der Waals surface area contributed by atoms with Crippen molar-refractivity contribution in [3.8, 4) is 0 Å². The van der Waals surface area contributed by atoms with Crippen LogP contribution in [-0.4, -0.2) is 14.2 Å². The maximum atomic E-state index is 11.7. The molecule has 0 aliphatic heterocycles. The molecule has 0 heterocycles. The molecule has 0 atom stereocenters. The first-order chi connectivity index (χ1) is 7.10. The second-order valence-corrected chi connectivity index (χ2v) is 5.50. The number of aryl methyl sites for hydroxylation is 1. The van der Waals surface area contributed by atoms with E-state index in [1.54, 1.807) is 18.2 Å². The number of benzene rings is 1. The van der Waals surface area contributed by atoms with Crippen LogP contribution in [0.15, 0.2) is 41.8 Å². The zero-order chi connectivity index (χ0) is 11.3. The molecule has 0 aromatic heterocycles. The van der Waals surface area contributed by atoms with Crippen LogP contribution in [0.4, 0.5) is 0 Å². The predicted octanol–water partition coefficient (Wildman–Crippen LogP) is 2.60. The SMILES string of the molecule is C=CCS(=O)(=O)c1cccc(CCC)c1. The molecular formula is C12H16O2S. The summed E-state index contributed by atoms with van der Waals surface area (Å²) in [5.74, 6) is 0.00256. The fraction of sp³-hybridized carbons (Fsp3) is 0.333. The van der Waals surface area contributed by atoms with Gasteiger partial charge in [0.25, 0.3) is 0 Å². The van der Waals surface area contributed by atoms with Gasteiger partial charge in [-0.15, -0.1) is 6.58 Å². The molecule has 0 spiro atoms. The fourth-order valence-corrected chi connectivity index (χ4v) is 2.55. The molecule has 82 valence electrons. The van der Waals surface area contributed by atoms with E-state index in [4.69, 9.17) is 0 Å². The zero-order valence-electron chi connectivity index (χ0n) is 8.94. The number of hydrogen-bond donors (Lipinski definition) is 0. The van der Waals surface area contributed by atoms with E-state index in [1.165, 1.54) is 6.08 Å². The van der Waals surface area contributed by atoms with Crippen LogP contribution in [0, 0.1) is 0 Å². The van der Waals surface area contributed by atoms with Crippen molar-refractivity contribution >= 4 is 9.84 Å². The average molecular weight is 224 g/mol. The maximum absolute atomic E-state index is 11.7. The summed E-state index contributed by atoms with van der Waals surface area (Å²) < 4.78 is 23.4. The standard InChI is InChI=1S/C12H16O2S/c1-3-6-11-7-5-8-12(10-11)15(13,14)9-4-2/h4-5,7-8,10H,2-3,6,9H2,1H3. The maximum Gasteiger partial charge on any atom is 0.181 e. The normalized spacial score (nSPS) is 11.3. The van der Waals surface area contributed by atoms with Crippen molar-refractivity contribution in [3.05, 3.63) is 42.5 Å². The van der Waals surface area contributed by atoms with E-state index < -0.39 is 9.84 Å². The third-order valence-corrected chi connectivity index (χ3v) is 3.78. The lowest BCUT2D eigenvalue weighted by molar-refractivity contribution is 0.599. The van der Waals surface area contributed by atoms with Gasteiger partial charge >= 0.3 is 0 Å². The van der Waals surface area contributed by atoms with Gasteiger partial charge in [-0.25, -0.2) is 8.42 Å². The Morgan fingerprint density at radius 1 is 1.40 bits per heavy atom. The van der Waals surface area contributed by atoms with E-state index in [2.05, 4.69) is 13.5 Å². The molecule has 1 aromatic carbocycles. The summed E-state index contributed by atoms with van der Waals surface area (Å²) in [4.78, 5) is 0.397. The van der Waals surface area contributed by atoms with Crippen molar-refractivity contribution in [2.75, 3.05) is 5.75 Å². The summed E-state index contributed by atoms with van der Waals surface area (Å²) >= 11 is 0. The summed E-state index contributed by atoms with van der Waals surface area (Å²) in [6.45, 7) is 5.53. The summed E-state index contributed by atoms with van der Waals surface area (Å²) in [5.41, 5.74) is 1.07. The molecule has 0 saturated heterocycles. The minimum Gasteiger partial charge on any atom is -0.223 e. The van der Waals surface area contributed by atoms with Crippen molar-refractivity contribution in [3.63, 3.8) is 0 Å². The van der Waals surface area contributed by atoms with Gasteiger partial charge in [0.1, 0.15) is 0 Å². The fourth-order valence-electron chi connectivity index (χ4n) is 1.43. The monoisotopic (exact) mass is 224 g/mol. The molecule has 0 fully saturated rings. The lowest BCUT2D eigenvalue weighted by atomic mass is 10.1. The second kappa shape index (κ2) is 5.12. The molecule has 0 radical (unpaired) electrons. The van der Waals surface area contributed by atoms with Crippen molar-refractivity contribution in [1.29, 1.82) is 0 Å². The Labute approximate surface area is 91.6 Å². The Bertz CT molecular complexity index is 433. The smallest absolute Gasteiger partial charge is 0.181 e. The number of hydrogen-bond acceptors (Lipinski definition) is 2. The minimum absolute atomic E-state index is 0.00256.